The summed E-state index contributed by atoms with van der Waals surface area (Å²) in [5.74, 6) is -0.547. The summed E-state index contributed by atoms with van der Waals surface area (Å²) >= 11 is 3.09. The molecule has 3 nitrogen and oxygen atoms in total. The molecule has 0 atom stereocenters. The number of hydrogen-bond donors (Lipinski definition) is 0. The lowest BCUT2D eigenvalue weighted by Gasteiger charge is -2.01. The molecular formula is C8H7BrFNO2. The smallest absolute Gasteiger partial charge is 0.258 e. The third kappa shape index (κ3) is 2.03. The van der Waals surface area contributed by atoms with Crippen LogP contribution in [-0.2, 0) is 5.33 Å². The van der Waals surface area contributed by atoms with E-state index in [-0.39, 0.29) is 5.69 Å². The molecule has 0 unspecified atom stereocenters. The number of rotatable bonds is 2. The Morgan fingerprint density at radius 2 is 2.23 bits per heavy atom. The zero-order valence-electron chi connectivity index (χ0n) is 6.88. The number of nitrogens with zero attached hydrogens (tertiary/aromatic N) is 1. The van der Waals surface area contributed by atoms with E-state index in [1.54, 1.807) is 6.92 Å². The van der Waals surface area contributed by atoms with Crippen LogP contribution in [0.3, 0.4) is 0 Å². The van der Waals surface area contributed by atoms with Gasteiger partial charge in [0.25, 0.3) is 5.69 Å². The van der Waals surface area contributed by atoms with Gasteiger partial charge in [-0.1, -0.05) is 15.9 Å². The van der Waals surface area contributed by atoms with E-state index >= 15 is 0 Å². The quantitative estimate of drug-likeness (QED) is 0.458. The van der Waals surface area contributed by atoms with Crippen molar-refractivity contribution >= 4 is 21.6 Å². The number of hydrogen-bond acceptors (Lipinski definition) is 2. The average Bonchev–Trinajstić information content (AvgIpc) is 2.07. The lowest BCUT2D eigenvalue weighted by atomic mass is 10.1. The summed E-state index contributed by atoms with van der Waals surface area (Å²) in [4.78, 5) is 9.81. The Morgan fingerprint density at radius 1 is 1.62 bits per heavy atom. The normalized spacial score (nSPS) is 10.1. The minimum absolute atomic E-state index is 0.179. The summed E-state index contributed by atoms with van der Waals surface area (Å²) in [5.41, 5.74) is 0.728. The van der Waals surface area contributed by atoms with Crippen LogP contribution in [0.4, 0.5) is 10.1 Å². The fraction of sp³-hybridized carbons (Fsp3) is 0.250. The third-order valence-electron chi connectivity index (χ3n) is 1.71. The Kier molecular flexibility index (Phi) is 2.98. The van der Waals surface area contributed by atoms with Crippen LogP contribution in [0.1, 0.15) is 11.1 Å². The zero-order valence-corrected chi connectivity index (χ0v) is 8.47. The second kappa shape index (κ2) is 3.83. The molecule has 13 heavy (non-hydrogen) atoms. The average molecular weight is 248 g/mol. The molecule has 0 aliphatic carbocycles. The maximum absolute atomic E-state index is 13.1. The third-order valence-corrected chi connectivity index (χ3v) is 2.31. The molecule has 70 valence electrons. The Bertz CT molecular complexity index is 354. The van der Waals surface area contributed by atoms with E-state index < -0.39 is 10.7 Å². The van der Waals surface area contributed by atoms with Gasteiger partial charge < -0.3 is 0 Å². The number of nitro benzene ring substituents is 1. The van der Waals surface area contributed by atoms with Crippen LogP contribution in [0.15, 0.2) is 12.1 Å². The Hall–Kier alpha value is -0.970. The van der Waals surface area contributed by atoms with Gasteiger partial charge in [0.1, 0.15) is 5.82 Å². The predicted molar refractivity (Wildman–Crippen MR) is 50.4 cm³/mol. The molecule has 0 aliphatic heterocycles. The van der Waals surface area contributed by atoms with E-state index in [0.29, 0.717) is 16.5 Å². The second-order valence-electron chi connectivity index (χ2n) is 2.62. The number of benzene rings is 1. The van der Waals surface area contributed by atoms with Crippen molar-refractivity contribution in [2.45, 2.75) is 12.3 Å². The molecule has 0 heterocycles. The molecule has 1 aromatic carbocycles. The molecule has 0 aliphatic rings. The molecule has 0 aromatic heterocycles. The first kappa shape index (κ1) is 10.1. The first-order chi connectivity index (χ1) is 6.06. The van der Waals surface area contributed by atoms with Crippen molar-refractivity contribution in [2.24, 2.45) is 0 Å². The highest BCUT2D eigenvalue weighted by atomic mass is 79.9. The first-order valence-electron chi connectivity index (χ1n) is 3.55. The van der Waals surface area contributed by atoms with Crippen LogP contribution < -0.4 is 0 Å². The van der Waals surface area contributed by atoms with Gasteiger partial charge in [0.2, 0.25) is 0 Å². The summed E-state index contributed by atoms with van der Waals surface area (Å²) in [7, 11) is 0. The van der Waals surface area contributed by atoms with Crippen LogP contribution >= 0.6 is 15.9 Å². The lowest BCUT2D eigenvalue weighted by Crippen LogP contribution is -1.95. The van der Waals surface area contributed by atoms with E-state index in [1.165, 1.54) is 6.07 Å². The van der Waals surface area contributed by atoms with Crippen molar-refractivity contribution in [3.05, 3.63) is 39.2 Å². The fourth-order valence-electron chi connectivity index (χ4n) is 1.03. The molecule has 0 bridgehead atoms. The highest BCUT2D eigenvalue weighted by Crippen LogP contribution is 2.23. The molecule has 0 N–H and O–H groups in total. The summed E-state index contributed by atoms with van der Waals surface area (Å²) in [6.07, 6.45) is 0. The molecule has 0 radical (unpaired) electrons. The minimum Gasteiger partial charge on any atom is -0.258 e. The van der Waals surface area contributed by atoms with Crippen molar-refractivity contribution < 1.29 is 9.31 Å². The van der Waals surface area contributed by atoms with Crippen LogP contribution in [0.25, 0.3) is 0 Å². The van der Waals surface area contributed by atoms with Crippen LogP contribution in [-0.4, -0.2) is 4.92 Å². The summed E-state index contributed by atoms with van der Waals surface area (Å²) in [6, 6.07) is 2.42. The summed E-state index contributed by atoms with van der Waals surface area (Å²) < 4.78 is 13.1. The summed E-state index contributed by atoms with van der Waals surface area (Å²) in [5, 5.41) is 10.8. The first-order valence-corrected chi connectivity index (χ1v) is 4.67. The highest BCUT2D eigenvalue weighted by Gasteiger charge is 2.14. The minimum atomic E-state index is -0.587. The van der Waals surface area contributed by atoms with Gasteiger partial charge in [-0.15, -0.1) is 0 Å². The molecule has 5 heteroatoms. The van der Waals surface area contributed by atoms with Crippen LogP contribution in [0.5, 0.6) is 0 Å². The van der Waals surface area contributed by atoms with Gasteiger partial charge >= 0.3 is 0 Å². The molecule has 1 aromatic rings. The molecule has 0 amide bonds. The zero-order chi connectivity index (χ0) is 10.0. The monoisotopic (exact) mass is 247 g/mol. The van der Waals surface area contributed by atoms with Gasteiger partial charge in [-0.05, 0) is 18.6 Å². The lowest BCUT2D eigenvalue weighted by molar-refractivity contribution is -0.385. The molecule has 0 saturated heterocycles. The maximum Gasteiger partial charge on any atom is 0.275 e. The Morgan fingerprint density at radius 3 is 2.69 bits per heavy atom. The molecule has 1 rings (SSSR count). The molecule has 0 fully saturated rings. The second-order valence-corrected chi connectivity index (χ2v) is 3.18. The van der Waals surface area contributed by atoms with E-state index in [1.807, 2.05) is 0 Å². The van der Waals surface area contributed by atoms with E-state index in [4.69, 9.17) is 0 Å². The maximum atomic E-state index is 13.1. The number of nitro groups is 1. The summed E-state index contributed by atoms with van der Waals surface area (Å²) in [6.45, 7) is 1.59. The van der Waals surface area contributed by atoms with Crippen molar-refractivity contribution in [3.63, 3.8) is 0 Å². The fourth-order valence-corrected chi connectivity index (χ4v) is 1.46. The van der Waals surface area contributed by atoms with Crippen molar-refractivity contribution in [1.29, 1.82) is 0 Å². The molecular weight excluding hydrogens is 241 g/mol. The van der Waals surface area contributed by atoms with E-state index in [2.05, 4.69) is 15.9 Å². The van der Waals surface area contributed by atoms with Crippen molar-refractivity contribution in [1.82, 2.24) is 0 Å². The van der Waals surface area contributed by atoms with E-state index in [9.17, 15) is 14.5 Å². The Labute approximate surface area is 82.8 Å². The number of alkyl halides is 1. The van der Waals surface area contributed by atoms with Gasteiger partial charge in [-0.2, -0.15) is 0 Å². The van der Waals surface area contributed by atoms with Crippen LogP contribution in [0, 0.1) is 22.9 Å². The highest BCUT2D eigenvalue weighted by molar-refractivity contribution is 9.08. The van der Waals surface area contributed by atoms with Gasteiger partial charge in [0.15, 0.2) is 0 Å². The largest absolute Gasteiger partial charge is 0.275 e. The predicted octanol–water partition coefficient (Wildman–Crippen LogP) is 2.94. The Balaban J connectivity index is 3.28. The molecule has 0 spiro atoms. The van der Waals surface area contributed by atoms with Crippen molar-refractivity contribution in [2.75, 3.05) is 0 Å². The SMILES string of the molecule is Cc1cc(CBr)c(F)cc1[N+](=O)[O-]. The van der Waals surface area contributed by atoms with Gasteiger partial charge in [-0.25, -0.2) is 4.39 Å². The van der Waals surface area contributed by atoms with E-state index in [0.717, 1.165) is 6.07 Å². The topological polar surface area (TPSA) is 43.1 Å². The van der Waals surface area contributed by atoms with Gasteiger partial charge in [0.05, 0.1) is 11.0 Å². The van der Waals surface area contributed by atoms with Gasteiger partial charge in [-0.3, -0.25) is 10.1 Å². The van der Waals surface area contributed by atoms with Gasteiger partial charge in [0, 0.05) is 10.9 Å². The van der Waals surface area contributed by atoms with Crippen LogP contribution in [0.2, 0.25) is 0 Å². The number of aryl methyl sites for hydroxylation is 1. The standard InChI is InChI=1S/C8H7BrFNO2/c1-5-2-6(4-9)7(10)3-8(5)11(12)13/h2-3H,4H2,1H3. The number of halogens is 2. The van der Waals surface area contributed by atoms with Crippen molar-refractivity contribution in [3.8, 4) is 0 Å². The molecule has 0 saturated carbocycles.